The van der Waals surface area contributed by atoms with E-state index in [-0.39, 0.29) is 28.4 Å². The molecule has 2 saturated carbocycles. The maximum absolute atomic E-state index is 14.4. The Morgan fingerprint density at radius 1 is 0.941 bits per heavy atom. The van der Waals surface area contributed by atoms with E-state index >= 15 is 0 Å². The molecule has 2 fully saturated rings. The Labute approximate surface area is 195 Å². The number of benzene rings is 2. The topological polar surface area (TPSA) is 35.5 Å². The first-order valence-electron chi connectivity index (χ1n) is 12.0. The van der Waals surface area contributed by atoms with E-state index in [1.807, 2.05) is 0 Å². The zero-order valence-corrected chi connectivity index (χ0v) is 19.1. The molecular formula is C26H29F5O3. The van der Waals surface area contributed by atoms with Crippen LogP contribution in [0.5, 0.6) is 11.5 Å². The first-order valence-corrected chi connectivity index (χ1v) is 12.0. The highest BCUT2D eigenvalue weighted by atomic mass is 19.4. The second kappa shape index (κ2) is 10.1. The van der Waals surface area contributed by atoms with Gasteiger partial charge in [-0.3, -0.25) is 4.79 Å². The summed E-state index contributed by atoms with van der Waals surface area (Å²) in [5.74, 6) is -2.72. The number of rotatable bonds is 5. The van der Waals surface area contributed by atoms with Crippen LogP contribution >= 0.6 is 0 Å². The summed E-state index contributed by atoms with van der Waals surface area (Å²) < 4.78 is 74.7. The number of hydrogen-bond acceptors (Lipinski definition) is 3. The molecule has 0 radical (unpaired) electrons. The molecule has 3 nitrogen and oxygen atoms in total. The molecular weight excluding hydrogens is 455 g/mol. The van der Waals surface area contributed by atoms with E-state index in [4.69, 9.17) is 4.74 Å². The highest BCUT2D eigenvalue weighted by molar-refractivity contribution is 5.87. The van der Waals surface area contributed by atoms with E-state index in [0.717, 1.165) is 49.7 Å². The van der Waals surface area contributed by atoms with Gasteiger partial charge in [0.2, 0.25) is 5.75 Å². The first kappa shape index (κ1) is 24.7. The molecule has 8 heteroatoms. The third-order valence-corrected chi connectivity index (χ3v) is 7.63. The van der Waals surface area contributed by atoms with Gasteiger partial charge in [-0.1, -0.05) is 26.2 Å². The van der Waals surface area contributed by atoms with E-state index in [1.165, 1.54) is 44.2 Å². The number of carbonyl (C=O) groups excluding carboxylic acids is 1. The smallest absolute Gasteiger partial charge is 0.426 e. The highest BCUT2D eigenvalue weighted by Crippen LogP contribution is 2.42. The average molecular weight is 485 g/mol. The monoisotopic (exact) mass is 484 g/mol. The fraction of sp³-hybridized carbons (Fsp3) is 0.577. The number of halogens is 5. The van der Waals surface area contributed by atoms with E-state index in [9.17, 15) is 26.7 Å². The lowest BCUT2D eigenvalue weighted by Gasteiger charge is -2.37. The zero-order chi connectivity index (χ0) is 24.5. The normalized spacial score (nSPS) is 25.8. The van der Waals surface area contributed by atoms with Crippen LogP contribution in [0.2, 0.25) is 0 Å². The van der Waals surface area contributed by atoms with Crippen molar-refractivity contribution in [3.8, 4) is 11.5 Å². The Bertz CT molecular complexity index is 1020. The molecule has 186 valence electrons. The third-order valence-electron chi connectivity index (χ3n) is 7.63. The van der Waals surface area contributed by atoms with Gasteiger partial charge in [0.25, 0.3) is 0 Å². The number of fused-ring (bicyclic) bond motifs is 1. The summed E-state index contributed by atoms with van der Waals surface area (Å²) in [6, 6.07) is 4.42. The SMILES string of the molecule is CCC1CCC(C2CCC(C(=O)Oc3ccc4c(F)c(OC(F)(F)F)c(F)cc4c3)CC2)CC1. The lowest BCUT2D eigenvalue weighted by molar-refractivity contribution is -0.276. The molecule has 34 heavy (non-hydrogen) atoms. The van der Waals surface area contributed by atoms with Crippen molar-refractivity contribution in [3.05, 3.63) is 35.9 Å². The number of ether oxygens (including phenoxy) is 2. The predicted molar refractivity (Wildman–Crippen MR) is 117 cm³/mol. The van der Waals surface area contributed by atoms with Crippen LogP contribution in [-0.4, -0.2) is 12.3 Å². The Kier molecular flexibility index (Phi) is 7.33. The van der Waals surface area contributed by atoms with E-state index < -0.39 is 23.7 Å². The van der Waals surface area contributed by atoms with Gasteiger partial charge in [0.05, 0.1) is 5.92 Å². The van der Waals surface area contributed by atoms with Crippen molar-refractivity contribution in [2.75, 3.05) is 0 Å². The first-order chi connectivity index (χ1) is 16.1. The largest absolute Gasteiger partial charge is 0.573 e. The van der Waals surface area contributed by atoms with Crippen molar-refractivity contribution in [2.24, 2.45) is 23.7 Å². The Hall–Kier alpha value is -2.38. The average Bonchev–Trinajstić information content (AvgIpc) is 2.81. The Morgan fingerprint density at radius 2 is 1.56 bits per heavy atom. The second-order valence-electron chi connectivity index (χ2n) is 9.65. The molecule has 0 aliphatic heterocycles. The van der Waals surface area contributed by atoms with Gasteiger partial charge in [-0.05, 0) is 85.9 Å². The van der Waals surface area contributed by atoms with E-state index in [0.29, 0.717) is 5.92 Å². The van der Waals surface area contributed by atoms with Crippen LogP contribution in [0.4, 0.5) is 22.0 Å². The molecule has 2 aromatic rings. The fourth-order valence-electron chi connectivity index (χ4n) is 5.66. The van der Waals surface area contributed by atoms with E-state index in [1.54, 1.807) is 0 Å². The molecule has 0 amide bonds. The molecule has 0 unspecified atom stereocenters. The standard InChI is InChI=1S/C26H29F5O3/c1-2-15-3-5-16(6-4-15)17-7-9-18(10-8-17)25(32)33-20-11-12-21-19(13-20)14-22(27)24(23(21)28)34-26(29,30)31/h11-18H,2-10H2,1H3. The van der Waals surface area contributed by atoms with Crippen LogP contribution in [0.15, 0.2) is 24.3 Å². The Balaban J connectivity index is 1.37. The zero-order valence-electron chi connectivity index (χ0n) is 19.1. The van der Waals surface area contributed by atoms with Gasteiger partial charge in [0, 0.05) is 5.39 Å². The summed E-state index contributed by atoms with van der Waals surface area (Å²) in [7, 11) is 0. The molecule has 0 saturated heterocycles. The van der Waals surface area contributed by atoms with Crippen LogP contribution < -0.4 is 9.47 Å². The van der Waals surface area contributed by atoms with Crippen LogP contribution in [0.1, 0.15) is 64.7 Å². The summed E-state index contributed by atoms with van der Waals surface area (Å²) in [6.07, 6.45) is 4.69. The number of alkyl halides is 3. The summed E-state index contributed by atoms with van der Waals surface area (Å²) in [6.45, 7) is 2.25. The minimum atomic E-state index is -5.22. The molecule has 0 aromatic heterocycles. The molecule has 0 atom stereocenters. The molecule has 2 aliphatic carbocycles. The minimum absolute atomic E-state index is 0.0267. The molecule has 2 aliphatic rings. The maximum Gasteiger partial charge on any atom is 0.573 e. The molecule has 0 spiro atoms. The van der Waals surface area contributed by atoms with Crippen molar-refractivity contribution in [1.29, 1.82) is 0 Å². The summed E-state index contributed by atoms with van der Waals surface area (Å²) in [5.41, 5.74) is 0. The molecule has 0 N–H and O–H groups in total. The fourth-order valence-corrected chi connectivity index (χ4v) is 5.66. The quantitative estimate of drug-likeness (QED) is 0.245. The number of hydrogen-bond donors (Lipinski definition) is 0. The van der Waals surface area contributed by atoms with Gasteiger partial charge < -0.3 is 9.47 Å². The van der Waals surface area contributed by atoms with Crippen molar-refractivity contribution in [2.45, 2.75) is 71.1 Å². The molecule has 4 rings (SSSR count). The molecule has 0 bridgehead atoms. The van der Waals surface area contributed by atoms with Crippen molar-refractivity contribution in [1.82, 2.24) is 0 Å². The Morgan fingerprint density at radius 3 is 2.15 bits per heavy atom. The van der Waals surface area contributed by atoms with Gasteiger partial charge in [-0.15, -0.1) is 13.2 Å². The van der Waals surface area contributed by atoms with Crippen molar-refractivity contribution in [3.63, 3.8) is 0 Å². The summed E-state index contributed by atoms with van der Waals surface area (Å²) in [4.78, 5) is 12.7. The number of carbonyl (C=O) groups is 1. The number of esters is 1. The van der Waals surface area contributed by atoms with Crippen LogP contribution in [0.3, 0.4) is 0 Å². The molecule has 0 heterocycles. The van der Waals surface area contributed by atoms with Gasteiger partial charge in [-0.2, -0.15) is 0 Å². The highest BCUT2D eigenvalue weighted by Gasteiger charge is 2.35. The summed E-state index contributed by atoms with van der Waals surface area (Å²) in [5, 5.41) is -0.292. The van der Waals surface area contributed by atoms with Gasteiger partial charge in [-0.25, -0.2) is 8.78 Å². The lowest BCUT2D eigenvalue weighted by Crippen LogP contribution is -2.30. The third kappa shape index (κ3) is 5.63. The van der Waals surface area contributed by atoms with E-state index in [2.05, 4.69) is 11.7 Å². The van der Waals surface area contributed by atoms with Crippen LogP contribution in [0, 0.1) is 35.3 Å². The van der Waals surface area contributed by atoms with Crippen LogP contribution in [0.25, 0.3) is 10.8 Å². The summed E-state index contributed by atoms with van der Waals surface area (Å²) >= 11 is 0. The van der Waals surface area contributed by atoms with Gasteiger partial charge in [0.15, 0.2) is 11.6 Å². The predicted octanol–water partition coefficient (Wildman–Crippen LogP) is 7.94. The van der Waals surface area contributed by atoms with Gasteiger partial charge in [0.1, 0.15) is 5.75 Å². The lowest BCUT2D eigenvalue weighted by atomic mass is 9.69. The second-order valence-corrected chi connectivity index (χ2v) is 9.65. The molecule has 2 aromatic carbocycles. The van der Waals surface area contributed by atoms with Crippen molar-refractivity contribution >= 4 is 16.7 Å². The van der Waals surface area contributed by atoms with Crippen LogP contribution in [-0.2, 0) is 4.79 Å². The van der Waals surface area contributed by atoms with Gasteiger partial charge >= 0.3 is 12.3 Å². The minimum Gasteiger partial charge on any atom is -0.426 e. The maximum atomic E-state index is 14.4. The van der Waals surface area contributed by atoms with Crippen molar-refractivity contribution < 1.29 is 36.2 Å².